The smallest absolute Gasteiger partial charge is 0.276 e. The van der Waals surface area contributed by atoms with Crippen molar-refractivity contribution in [1.29, 1.82) is 0 Å². The Morgan fingerprint density at radius 3 is 3.09 bits per heavy atom. The molecule has 2 N–H and O–H groups in total. The molecule has 3 heterocycles. The van der Waals surface area contributed by atoms with Crippen LogP contribution in [-0.4, -0.2) is 46.8 Å². The van der Waals surface area contributed by atoms with E-state index in [1.54, 1.807) is 11.7 Å². The molecule has 1 saturated heterocycles. The highest BCUT2D eigenvalue weighted by atomic mass is 16.5. The molecule has 124 valence electrons. The maximum Gasteiger partial charge on any atom is 0.276 e. The van der Waals surface area contributed by atoms with Crippen molar-refractivity contribution in [1.82, 2.24) is 15.4 Å². The molecule has 3 aliphatic rings. The molecule has 1 saturated carbocycles. The summed E-state index contributed by atoms with van der Waals surface area (Å²) in [5.41, 5.74) is 4.72. The number of hydrogen-bond acceptors (Lipinski definition) is 5. The van der Waals surface area contributed by atoms with Crippen LogP contribution in [0.5, 0.6) is 0 Å². The van der Waals surface area contributed by atoms with Crippen LogP contribution in [0, 0.1) is 5.41 Å². The van der Waals surface area contributed by atoms with Gasteiger partial charge in [0, 0.05) is 30.7 Å². The van der Waals surface area contributed by atoms with Gasteiger partial charge in [-0.15, -0.1) is 0 Å². The SMILES string of the molecule is O=C(NO)c1cnc2c(c1)CCN([C@@H]1CCCC3(COC3)C1)C2. The fourth-order valence-corrected chi connectivity index (χ4v) is 4.31. The van der Waals surface area contributed by atoms with Crippen molar-refractivity contribution in [2.45, 2.75) is 44.7 Å². The summed E-state index contributed by atoms with van der Waals surface area (Å²) in [6.45, 7) is 3.75. The molecule has 1 aromatic heterocycles. The van der Waals surface area contributed by atoms with Crippen molar-refractivity contribution in [2.75, 3.05) is 19.8 Å². The first-order valence-corrected chi connectivity index (χ1v) is 8.43. The predicted octanol–water partition coefficient (Wildman–Crippen LogP) is 1.52. The standard InChI is InChI=1S/C17H23N3O3/c21-16(19-22)13-6-12-3-5-20(9-15(12)18-8-13)14-2-1-4-17(7-14)10-23-11-17/h6,8,14,22H,1-5,7,9-11H2,(H,19,21)/t14-/m1/s1. The van der Waals surface area contributed by atoms with Crippen LogP contribution in [0.1, 0.15) is 47.3 Å². The summed E-state index contributed by atoms with van der Waals surface area (Å²) in [7, 11) is 0. The highest BCUT2D eigenvalue weighted by Crippen LogP contribution is 2.44. The Morgan fingerprint density at radius 1 is 1.48 bits per heavy atom. The molecule has 2 fully saturated rings. The van der Waals surface area contributed by atoms with Crippen molar-refractivity contribution < 1.29 is 14.7 Å². The van der Waals surface area contributed by atoms with Crippen LogP contribution >= 0.6 is 0 Å². The summed E-state index contributed by atoms with van der Waals surface area (Å²) in [5, 5.41) is 8.74. The number of amides is 1. The van der Waals surface area contributed by atoms with E-state index >= 15 is 0 Å². The van der Waals surface area contributed by atoms with Gasteiger partial charge in [0.05, 0.1) is 24.5 Å². The van der Waals surface area contributed by atoms with E-state index in [-0.39, 0.29) is 0 Å². The second kappa shape index (κ2) is 5.85. The summed E-state index contributed by atoms with van der Waals surface area (Å²) in [5.74, 6) is -0.498. The molecule has 1 amide bonds. The van der Waals surface area contributed by atoms with Gasteiger partial charge >= 0.3 is 0 Å². The van der Waals surface area contributed by atoms with Crippen molar-refractivity contribution in [2.24, 2.45) is 5.41 Å². The lowest BCUT2D eigenvalue weighted by atomic mass is 9.70. The number of nitrogens with one attached hydrogen (secondary N) is 1. The van der Waals surface area contributed by atoms with Gasteiger partial charge in [0.2, 0.25) is 0 Å². The molecule has 0 aromatic carbocycles. The number of pyridine rings is 1. The van der Waals surface area contributed by atoms with Crippen LogP contribution in [0.25, 0.3) is 0 Å². The second-order valence-electron chi connectivity index (χ2n) is 7.23. The summed E-state index contributed by atoms with van der Waals surface area (Å²) < 4.78 is 5.46. The summed E-state index contributed by atoms with van der Waals surface area (Å²) >= 11 is 0. The molecule has 0 bridgehead atoms. The number of carbonyl (C=O) groups is 1. The third-order valence-electron chi connectivity index (χ3n) is 5.69. The predicted molar refractivity (Wildman–Crippen MR) is 83.1 cm³/mol. The first-order chi connectivity index (χ1) is 11.2. The van der Waals surface area contributed by atoms with Gasteiger partial charge in [-0.1, -0.05) is 6.42 Å². The number of carbonyl (C=O) groups excluding carboxylic acids is 1. The van der Waals surface area contributed by atoms with Crippen molar-refractivity contribution in [3.8, 4) is 0 Å². The minimum atomic E-state index is -0.498. The number of ether oxygens (including phenoxy) is 1. The Labute approximate surface area is 135 Å². The van der Waals surface area contributed by atoms with E-state index in [0.717, 1.165) is 44.0 Å². The van der Waals surface area contributed by atoms with Crippen LogP contribution < -0.4 is 5.48 Å². The molecule has 0 unspecified atom stereocenters. The summed E-state index contributed by atoms with van der Waals surface area (Å²) in [6, 6.07) is 2.48. The molecule has 4 rings (SSSR count). The molecular weight excluding hydrogens is 294 g/mol. The number of fused-ring (bicyclic) bond motifs is 1. The van der Waals surface area contributed by atoms with Crippen LogP contribution in [0.15, 0.2) is 12.3 Å². The van der Waals surface area contributed by atoms with Crippen LogP contribution in [0.2, 0.25) is 0 Å². The van der Waals surface area contributed by atoms with E-state index in [4.69, 9.17) is 9.94 Å². The lowest BCUT2D eigenvalue weighted by Gasteiger charge is -2.50. The number of hydroxylamine groups is 1. The minimum Gasteiger partial charge on any atom is -0.380 e. The van der Waals surface area contributed by atoms with Gasteiger partial charge in [-0.3, -0.25) is 19.9 Å². The third kappa shape index (κ3) is 2.75. The van der Waals surface area contributed by atoms with Crippen molar-refractivity contribution >= 4 is 5.91 Å². The largest absolute Gasteiger partial charge is 0.380 e. The van der Waals surface area contributed by atoms with Crippen LogP contribution in [0.3, 0.4) is 0 Å². The van der Waals surface area contributed by atoms with Crippen molar-refractivity contribution in [3.05, 3.63) is 29.1 Å². The number of hydrogen-bond donors (Lipinski definition) is 2. The molecule has 1 atom stereocenters. The van der Waals surface area contributed by atoms with Gasteiger partial charge in [0.1, 0.15) is 0 Å². The topological polar surface area (TPSA) is 74.7 Å². The number of rotatable bonds is 2. The van der Waals surface area contributed by atoms with Gasteiger partial charge in [-0.25, -0.2) is 5.48 Å². The first kappa shape index (κ1) is 15.1. The highest BCUT2D eigenvalue weighted by Gasteiger charge is 2.44. The van der Waals surface area contributed by atoms with Crippen LogP contribution in [0.4, 0.5) is 0 Å². The van der Waals surface area contributed by atoms with E-state index in [1.165, 1.54) is 25.7 Å². The molecule has 1 spiro atoms. The van der Waals surface area contributed by atoms with Crippen molar-refractivity contribution in [3.63, 3.8) is 0 Å². The first-order valence-electron chi connectivity index (χ1n) is 8.43. The maximum atomic E-state index is 11.5. The Bertz CT molecular complexity index is 615. The Kier molecular flexibility index (Phi) is 3.83. The third-order valence-corrected chi connectivity index (χ3v) is 5.69. The normalized spacial score (nSPS) is 26.4. The van der Waals surface area contributed by atoms with E-state index in [0.29, 0.717) is 17.0 Å². The van der Waals surface area contributed by atoms with Gasteiger partial charge in [0.25, 0.3) is 5.91 Å². The van der Waals surface area contributed by atoms with E-state index in [2.05, 4.69) is 9.88 Å². The van der Waals surface area contributed by atoms with Gasteiger partial charge in [-0.2, -0.15) is 0 Å². The van der Waals surface area contributed by atoms with Gasteiger partial charge < -0.3 is 4.74 Å². The highest BCUT2D eigenvalue weighted by molar-refractivity contribution is 5.93. The molecule has 2 aliphatic heterocycles. The summed E-state index contributed by atoms with van der Waals surface area (Å²) in [4.78, 5) is 18.5. The zero-order chi connectivity index (χ0) is 15.9. The lowest BCUT2D eigenvalue weighted by molar-refractivity contribution is -0.144. The monoisotopic (exact) mass is 317 g/mol. The zero-order valence-electron chi connectivity index (χ0n) is 13.3. The maximum absolute atomic E-state index is 11.5. The molecule has 23 heavy (non-hydrogen) atoms. The van der Waals surface area contributed by atoms with E-state index in [1.807, 2.05) is 6.07 Å². The summed E-state index contributed by atoms with van der Waals surface area (Å²) in [6.07, 6.45) is 7.58. The molecule has 1 aromatic rings. The van der Waals surface area contributed by atoms with E-state index < -0.39 is 5.91 Å². The van der Waals surface area contributed by atoms with E-state index in [9.17, 15) is 4.79 Å². The average Bonchev–Trinajstić information content (AvgIpc) is 2.59. The van der Waals surface area contributed by atoms with Gasteiger partial charge in [-0.05, 0) is 37.3 Å². The Morgan fingerprint density at radius 2 is 2.35 bits per heavy atom. The molecule has 0 radical (unpaired) electrons. The Hall–Kier alpha value is -1.50. The quantitative estimate of drug-likeness (QED) is 0.639. The van der Waals surface area contributed by atoms with Gasteiger partial charge in [0.15, 0.2) is 0 Å². The molecule has 6 nitrogen and oxygen atoms in total. The molecule has 6 heteroatoms. The second-order valence-corrected chi connectivity index (χ2v) is 7.23. The fourth-order valence-electron chi connectivity index (χ4n) is 4.31. The van der Waals surface area contributed by atoms with Crippen LogP contribution in [-0.2, 0) is 17.7 Å². The fraction of sp³-hybridized carbons (Fsp3) is 0.647. The Balaban J connectivity index is 1.47. The number of aromatic nitrogens is 1. The average molecular weight is 317 g/mol. The molecule has 1 aliphatic carbocycles. The lowest BCUT2D eigenvalue weighted by Crippen LogP contribution is -2.52. The zero-order valence-corrected chi connectivity index (χ0v) is 13.3. The number of nitrogens with zero attached hydrogens (tertiary/aromatic N) is 2. The minimum absolute atomic E-state index is 0.419. The molecular formula is C17H23N3O3.